The van der Waals surface area contributed by atoms with Crippen LogP contribution in [0.25, 0.3) is 0 Å². The first-order valence-corrected chi connectivity index (χ1v) is 7.48. The molecule has 0 aliphatic carbocycles. The SMILES string of the molecule is O=[N+]([O-])c1ccc(Cl)cc1NC1CCS(=O)(=O)C1. The van der Waals surface area contributed by atoms with E-state index < -0.39 is 14.8 Å². The van der Waals surface area contributed by atoms with Crippen LogP contribution in [-0.2, 0) is 9.84 Å². The van der Waals surface area contributed by atoms with Gasteiger partial charge < -0.3 is 5.32 Å². The van der Waals surface area contributed by atoms with Crippen molar-refractivity contribution in [2.24, 2.45) is 0 Å². The molecule has 0 bridgehead atoms. The van der Waals surface area contributed by atoms with Crippen LogP contribution >= 0.6 is 11.6 Å². The van der Waals surface area contributed by atoms with Gasteiger partial charge in [0.1, 0.15) is 5.69 Å². The van der Waals surface area contributed by atoms with Crippen LogP contribution in [0.5, 0.6) is 0 Å². The molecule has 1 aliphatic heterocycles. The van der Waals surface area contributed by atoms with Crippen molar-refractivity contribution in [2.45, 2.75) is 12.5 Å². The van der Waals surface area contributed by atoms with Crippen LogP contribution in [0.15, 0.2) is 18.2 Å². The molecule has 18 heavy (non-hydrogen) atoms. The molecule has 1 fully saturated rings. The number of benzene rings is 1. The summed E-state index contributed by atoms with van der Waals surface area (Å²) in [6.07, 6.45) is 0.450. The molecule has 1 heterocycles. The Balaban J connectivity index is 2.23. The standard InChI is InChI=1S/C10H11ClN2O4S/c11-7-1-2-10(13(14)15)9(5-7)12-8-3-4-18(16,17)6-8/h1-2,5,8,12H,3-4,6H2. The summed E-state index contributed by atoms with van der Waals surface area (Å²) >= 11 is 5.78. The molecule has 2 rings (SSSR count). The number of sulfone groups is 1. The van der Waals surface area contributed by atoms with Crippen molar-refractivity contribution in [2.75, 3.05) is 16.8 Å². The van der Waals surface area contributed by atoms with Gasteiger partial charge in [-0.3, -0.25) is 10.1 Å². The molecule has 8 heteroatoms. The van der Waals surface area contributed by atoms with Crippen LogP contribution in [-0.4, -0.2) is 30.9 Å². The molecule has 1 aromatic rings. The number of rotatable bonds is 3. The first-order chi connectivity index (χ1) is 8.37. The predicted molar refractivity (Wildman–Crippen MR) is 68.8 cm³/mol. The van der Waals surface area contributed by atoms with E-state index in [-0.39, 0.29) is 28.9 Å². The fourth-order valence-corrected chi connectivity index (χ4v) is 3.76. The lowest BCUT2D eigenvalue weighted by Crippen LogP contribution is -2.21. The van der Waals surface area contributed by atoms with E-state index >= 15 is 0 Å². The molecule has 0 aromatic heterocycles. The van der Waals surface area contributed by atoms with Gasteiger partial charge >= 0.3 is 0 Å². The van der Waals surface area contributed by atoms with Crippen LogP contribution < -0.4 is 5.32 Å². The molecule has 98 valence electrons. The van der Waals surface area contributed by atoms with Crippen molar-refractivity contribution in [3.05, 3.63) is 33.3 Å². The molecular formula is C10H11ClN2O4S. The number of nitrogens with zero attached hydrogens (tertiary/aromatic N) is 1. The third-order valence-electron chi connectivity index (χ3n) is 2.75. The molecule has 0 amide bonds. The fourth-order valence-electron chi connectivity index (χ4n) is 1.91. The monoisotopic (exact) mass is 290 g/mol. The highest BCUT2D eigenvalue weighted by Gasteiger charge is 2.29. The molecule has 6 nitrogen and oxygen atoms in total. The van der Waals surface area contributed by atoms with Gasteiger partial charge in [-0.1, -0.05) is 11.6 Å². The Kier molecular flexibility index (Phi) is 3.45. The lowest BCUT2D eigenvalue weighted by molar-refractivity contribution is -0.384. The van der Waals surface area contributed by atoms with Crippen LogP contribution in [0.2, 0.25) is 5.02 Å². The second-order valence-corrected chi connectivity index (χ2v) is 6.83. The second kappa shape index (κ2) is 4.74. The van der Waals surface area contributed by atoms with E-state index in [1.54, 1.807) is 0 Å². The average Bonchev–Trinajstić information content (AvgIpc) is 2.57. The number of halogens is 1. The Morgan fingerprint density at radius 2 is 2.17 bits per heavy atom. The Morgan fingerprint density at radius 1 is 1.44 bits per heavy atom. The van der Waals surface area contributed by atoms with E-state index in [2.05, 4.69) is 5.32 Å². The summed E-state index contributed by atoms with van der Waals surface area (Å²) in [6, 6.07) is 3.86. The molecule has 0 radical (unpaired) electrons. The topological polar surface area (TPSA) is 89.3 Å². The number of anilines is 1. The van der Waals surface area contributed by atoms with Crippen LogP contribution in [0.4, 0.5) is 11.4 Å². The minimum absolute atomic E-state index is 0.00331. The van der Waals surface area contributed by atoms with E-state index in [1.807, 2.05) is 0 Å². The zero-order chi connectivity index (χ0) is 13.3. The van der Waals surface area contributed by atoms with Crippen molar-refractivity contribution >= 4 is 32.8 Å². The van der Waals surface area contributed by atoms with Crippen molar-refractivity contribution in [3.63, 3.8) is 0 Å². The number of nitrogens with one attached hydrogen (secondary N) is 1. The quantitative estimate of drug-likeness (QED) is 0.678. The van der Waals surface area contributed by atoms with Crippen LogP contribution in [0.1, 0.15) is 6.42 Å². The maximum atomic E-state index is 11.3. The van der Waals surface area contributed by atoms with Gasteiger partial charge in [0.25, 0.3) is 5.69 Å². The zero-order valence-corrected chi connectivity index (χ0v) is 10.9. The molecule has 1 unspecified atom stereocenters. The summed E-state index contributed by atoms with van der Waals surface area (Å²) in [5, 5.41) is 14.1. The largest absolute Gasteiger partial charge is 0.376 e. The van der Waals surface area contributed by atoms with Gasteiger partial charge in [-0.2, -0.15) is 0 Å². The smallest absolute Gasteiger partial charge is 0.292 e. The molecule has 1 aliphatic rings. The Labute approximate surface area is 109 Å². The Morgan fingerprint density at radius 3 is 2.72 bits per heavy atom. The number of nitro benzene ring substituents is 1. The van der Waals surface area contributed by atoms with Gasteiger partial charge in [-0.05, 0) is 18.6 Å². The minimum atomic E-state index is -3.02. The normalized spacial score (nSPS) is 21.7. The first kappa shape index (κ1) is 13.1. The first-order valence-electron chi connectivity index (χ1n) is 5.28. The Bertz CT molecular complexity index is 588. The highest BCUT2D eigenvalue weighted by molar-refractivity contribution is 7.91. The fraction of sp³-hybridized carbons (Fsp3) is 0.400. The number of nitro groups is 1. The van der Waals surface area contributed by atoms with Gasteiger partial charge in [0.05, 0.1) is 16.4 Å². The number of hydrogen-bond donors (Lipinski definition) is 1. The minimum Gasteiger partial charge on any atom is -0.376 e. The van der Waals surface area contributed by atoms with Gasteiger partial charge in [0, 0.05) is 17.1 Å². The maximum Gasteiger partial charge on any atom is 0.292 e. The lowest BCUT2D eigenvalue weighted by atomic mass is 10.2. The molecule has 1 saturated heterocycles. The van der Waals surface area contributed by atoms with E-state index in [4.69, 9.17) is 11.6 Å². The summed E-state index contributed by atoms with van der Waals surface area (Å²) in [5.74, 6) is 0.107. The van der Waals surface area contributed by atoms with E-state index in [0.29, 0.717) is 11.4 Å². The van der Waals surface area contributed by atoms with Gasteiger partial charge in [-0.25, -0.2) is 8.42 Å². The summed E-state index contributed by atoms with van der Waals surface area (Å²) in [5.41, 5.74) is 0.151. The average molecular weight is 291 g/mol. The summed E-state index contributed by atoms with van der Waals surface area (Å²) < 4.78 is 22.6. The third kappa shape index (κ3) is 2.91. The van der Waals surface area contributed by atoms with Gasteiger partial charge in [0.15, 0.2) is 9.84 Å². The van der Waals surface area contributed by atoms with Crippen LogP contribution in [0.3, 0.4) is 0 Å². The summed E-state index contributed by atoms with van der Waals surface area (Å²) in [7, 11) is -3.02. The molecular weight excluding hydrogens is 280 g/mol. The molecule has 0 spiro atoms. The number of hydrogen-bond acceptors (Lipinski definition) is 5. The summed E-state index contributed by atoms with van der Waals surface area (Å²) in [4.78, 5) is 10.3. The Hall–Kier alpha value is -1.34. The highest BCUT2D eigenvalue weighted by atomic mass is 35.5. The van der Waals surface area contributed by atoms with Crippen molar-refractivity contribution < 1.29 is 13.3 Å². The van der Waals surface area contributed by atoms with Gasteiger partial charge in [-0.15, -0.1) is 0 Å². The van der Waals surface area contributed by atoms with Crippen molar-refractivity contribution in [1.82, 2.24) is 0 Å². The predicted octanol–water partition coefficient (Wildman–Crippen LogP) is 1.85. The third-order valence-corrected chi connectivity index (χ3v) is 4.75. The van der Waals surface area contributed by atoms with E-state index in [1.165, 1.54) is 18.2 Å². The second-order valence-electron chi connectivity index (χ2n) is 4.16. The van der Waals surface area contributed by atoms with E-state index in [9.17, 15) is 18.5 Å². The molecule has 1 N–H and O–H groups in total. The van der Waals surface area contributed by atoms with Gasteiger partial charge in [0.2, 0.25) is 0 Å². The molecule has 0 saturated carbocycles. The lowest BCUT2D eigenvalue weighted by Gasteiger charge is -2.12. The van der Waals surface area contributed by atoms with Crippen LogP contribution in [0, 0.1) is 10.1 Å². The highest BCUT2D eigenvalue weighted by Crippen LogP contribution is 2.29. The molecule has 1 atom stereocenters. The maximum absolute atomic E-state index is 11.3. The van der Waals surface area contributed by atoms with Crippen molar-refractivity contribution in [1.29, 1.82) is 0 Å². The summed E-state index contributed by atoms with van der Waals surface area (Å²) in [6.45, 7) is 0. The zero-order valence-electron chi connectivity index (χ0n) is 9.30. The molecule has 1 aromatic carbocycles. The van der Waals surface area contributed by atoms with Crippen molar-refractivity contribution in [3.8, 4) is 0 Å². The van der Waals surface area contributed by atoms with E-state index in [0.717, 1.165) is 0 Å².